The minimum atomic E-state index is -0.407. The van der Waals surface area contributed by atoms with Crippen LogP contribution in [0.4, 0.5) is 0 Å². The smallest absolute Gasteiger partial charge is 0.339 e. The van der Waals surface area contributed by atoms with Crippen LogP contribution in [0.1, 0.15) is 19.4 Å². The van der Waals surface area contributed by atoms with Gasteiger partial charge in [0.1, 0.15) is 17.9 Å². The Morgan fingerprint density at radius 1 is 1.00 bits per heavy atom. The van der Waals surface area contributed by atoms with Crippen LogP contribution >= 0.6 is 0 Å². The molecule has 0 fully saturated rings. The maximum Gasteiger partial charge on any atom is 0.339 e. The third-order valence-corrected chi connectivity index (χ3v) is 3.06. The zero-order valence-corrected chi connectivity index (χ0v) is 13.4. The van der Waals surface area contributed by atoms with E-state index in [2.05, 4.69) is 0 Å². The number of hydrogen-bond donors (Lipinski definition) is 0. The molecule has 0 saturated carbocycles. The van der Waals surface area contributed by atoms with E-state index in [1.165, 1.54) is 6.07 Å². The molecule has 0 aliphatic carbocycles. The summed E-state index contributed by atoms with van der Waals surface area (Å²) in [6.45, 7) is 4.39. The van der Waals surface area contributed by atoms with Gasteiger partial charge in [0, 0.05) is 0 Å². The number of rotatable bonds is 4. The SMILES string of the molecule is CC.O=c1cc(OC/C=C\c2ccccc2)c2ccccc2o1. The van der Waals surface area contributed by atoms with Crippen molar-refractivity contribution in [2.75, 3.05) is 6.61 Å². The number of hydrogen-bond acceptors (Lipinski definition) is 3. The van der Waals surface area contributed by atoms with Gasteiger partial charge in [-0.05, 0) is 23.8 Å². The van der Waals surface area contributed by atoms with Crippen molar-refractivity contribution < 1.29 is 9.15 Å². The monoisotopic (exact) mass is 308 g/mol. The lowest BCUT2D eigenvalue weighted by atomic mass is 10.2. The summed E-state index contributed by atoms with van der Waals surface area (Å²) in [4.78, 5) is 11.5. The average Bonchev–Trinajstić information content (AvgIpc) is 2.61. The fourth-order valence-electron chi connectivity index (χ4n) is 2.09. The largest absolute Gasteiger partial charge is 0.488 e. The van der Waals surface area contributed by atoms with E-state index >= 15 is 0 Å². The second-order valence-corrected chi connectivity index (χ2v) is 4.55. The Morgan fingerprint density at radius 2 is 1.70 bits per heavy atom. The number of ether oxygens (including phenoxy) is 1. The Labute approximate surface area is 135 Å². The van der Waals surface area contributed by atoms with Gasteiger partial charge in [0.05, 0.1) is 11.5 Å². The second-order valence-electron chi connectivity index (χ2n) is 4.55. The zero-order valence-electron chi connectivity index (χ0n) is 13.4. The van der Waals surface area contributed by atoms with E-state index in [1.54, 1.807) is 6.07 Å². The second kappa shape index (κ2) is 8.59. The summed E-state index contributed by atoms with van der Waals surface area (Å²) in [5.41, 5.74) is 1.24. The van der Waals surface area contributed by atoms with Gasteiger partial charge in [-0.1, -0.05) is 62.4 Å². The third-order valence-electron chi connectivity index (χ3n) is 3.06. The molecular formula is C20H20O3. The molecule has 3 heteroatoms. The van der Waals surface area contributed by atoms with Crippen LogP contribution in [0, 0.1) is 0 Å². The maximum absolute atomic E-state index is 11.5. The predicted molar refractivity (Wildman–Crippen MR) is 94.8 cm³/mol. The fourth-order valence-corrected chi connectivity index (χ4v) is 2.09. The third kappa shape index (κ3) is 4.58. The summed E-state index contributed by atoms with van der Waals surface area (Å²) in [7, 11) is 0. The summed E-state index contributed by atoms with van der Waals surface area (Å²) in [6, 6.07) is 18.7. The van der Waals surface area contributed by atoms with Crippen LogP contribution in [0.2, 0.25) is 0 Å². The van der Waals surface area contributed by atoms with Gasteiger partial charge >= 0.3 is 5.63 Å². The van der Waals surface area contributed by atoms with E-state index in [0.29, 0.717) is 17.9 Å². The predicted octanol–water partition coefficient (Wildman–Crippen LogP) is 4.91. The highest BCUT2D eigenvalue weighted by Crippen LogP contribution is 2.23. The molecule has 0 radical (unpaired) electrons. The van der Waals surface area contributed by atoms with E-state index in [-0.39, 0.29) is 0 Å². The van der Waals surface area contributed by atoms with Crippen LogP contribution in [-0.2, 0) is 0 Å². The maximum atomic E-state index is 11.5. The van der Waals surface area contributed by atoms with Crippen LogP contribution in [0.15, 0.2) is 76.0 Å². The standard InChI is InChI=1S/C18H14O3.C2H6/c19-18-13-17(15-10-4-5-11-16(15)21-18)20-12-6-9-14-7-2-1-3-8-14;1-2/h1-11,13H,12H2;1-2H3/b9-6-;. The quantitative estimate of drug-likeness (QED) is 0.643. The van der Waals surface area contributed by atoms with Gasteiger partial charge in [-0.3, -0.25) is 0 Å². The molecule has 2 aromatic carbocycles. The first-order valence-electron chi connectivity index (χ1n) is 7.70. The molecule has 0 atom stereocenters. The van der Waals surface area contributed by atoms with Crippen LogP contribution in [-0.4, -0.2) is 6.61 Å². The molecular weight excluding hydrogens is 288 g/mol. The lowest BCUT2D eigenvalue weighted by Crippen LogP contribution is -2.01. The minimum Gasteiger partial charge on any atom is -0.488 e. The normalized spacial score (nSPS) is 10.3. The van der Waals surface area contributed by atoms with Gasteiger partial charge in [0.2, 0.25) is 0 Å². The Balaban J connectivity index is 0.000000924. The summed E-state index contributed by atoms with van der Waals surface area (Å²) in [5.74, 6) is 0.541. The van der Waals surface area contributed by atoms with Crippen molar-refractivity contribution in [1.29, 1.82) is 0 Å². The Bertz CT molecular complexity index is 817. The van der Waals surface area contributed by atoms with E-state index in [4.69, 9.17) is 9.15 Å². The Hall–Kier alpha value is -2.81. The van der Waals surface area contributed by atoms with Crippen molar-refractivity contribution >= 4 is 17.0 Å². The van der Waals surface area contributed by atoms with E-state index in [1.807, 2.05) is 74.5 Å². The molecule has 0 aliphatic heterocycles. The summed E-state index contributed by atoms with van der Waals surface area (Å²) < 4.78 is 10.8. The molecule has 3 aromatic rings. The van der Waals surface area contributed by atoms with Crippen molar-refractivity contribution in [3.05, 3.63) is 82.7 Å². The first-order valence-corrected chi connectivity index (χ1v) is 7.70. The molecule has 1 heterocycles. The molecule has 0 aliphatic rings. The highest BCUT2D eigenvalue weighted by molar-refractivity contribution is 5.82. The molecule has 1 aromatic heterocycles. The summed E-state index contributed by atoms with van der Waals surface area (Å²) >= 11 is 0. The fraction of sp³-hybridized carbons (Fsp3) is 0.150. The molecule has 23 heavy (non-hydrogen) atoms. The number of para-hydroxylation sites is 1. The molecule has 0 unspecified atom stereocenters. The Kier molecular flexibility index (Phi) is 6.18. The lowest BCUT2D eigenvalue weighted by molar-refractivity contribution is 0.364. The van der Waals surface area contributed by atoms with Crippen molar-refractivity contribution in [1.82, 2.24) is 0 Å². The van der Waals surface area contributed by atoms with Gasteiger partial charge < -0.3 is 9.15 Å². The van der Waals surface area contributed by atoms with E-state index < -0.39 is 5.63 Å². The highest BCUT2D eigenvalue weighted by Gasteiger charge is 2.04. The van der Waals surface area contributed by atoms with Crippen molar-refractivity contribution in [3.8, 4) is 5.75 Å². The topological polar surface area (TPSA) is 39.4 Å². The van der Waals surface area contributed by atoms with Crippen molar-refractivity contribution in [3.63, 3.8) is 0 Å². The van der Waals surface area contributed by atoms with Gasteiger partial charge in [0.25, 0.3) is 0 Å². The summed E-state index contributed by atoms with van der Waals surface area (Å²) in [5, 5.41) is 0.796. The van der Waals surface area contributed by atoms with Gasteiger partial charge in [-0.15, -0.1) is 0 Å². The van der Waals surface area contributed by atoms with Crippen molar-refractivity contribution in [2.24, 2.45) is 0 Å². The van der Waals surface area contributed by atoms with Crippen LogP contribution in [0.5, 0.6) is 5.75 Å². The van der Waals surface area contributed by atoms with E-state index in [9.17, 15) is 4.79 Å². The van der Waals surface area contributed by atoms with E-state index in [0.717, 1.165) is 10.9 Å². The minimum absolute atomic E-state index is 0.391. The van der Waals surface area contributed by atoms with Gasteiger partial charge in [-0.2, -0.15) is 0 Å². The van der Waals surface area contributed by atoms with Crippen molar-refractivity contribution in [2.45, 2.75) is 13.8 Å². The number of benzene rings is 2. The van der Waals surface area contributed by atoms with Gasteiger partial charge in [0.15, 0.2) is 0 Å². The molecule has 3 nitrogen and oxygen atoms in total. The zero-order chi connectivity index (χ0) is 16.5. The average molecular weight is 308 g/mol. The number of fused-ring (bicyclic) bond motifs is 1. The molecule has 0 saturated heterocycles. The highest BCUT2D eigenvalue weighted by atomic mass is 16.5. The first kappa shape index (κ1) is 16.6. The molecule has 0 bridgehead atoms. The first-order chi connectivity index (χ1) is 11.3. The molecule has 3 rings (SSSR count). The summed E-state index contributed by atoms with van der Waals surface area (Å²) in [6.07, 6.45) is 3.90. The molecule has 118 valence electrons. The lowest BCUT2D eigenvalue weighted by Gasteiger charge is -2.05. The van der Waals surface area contributed by atoms with Crippen LogP contribution in [0.3, 0.4) is 0 Å². The molecule has 0 spiro atoms. The Morgan fingerprint density at radius 3 is 2.48 bits per heavy atom. The van der Waals surface area contributed by atoms with Crippen LogP contribution < -0.4 is 10.4 Å². The van der Waals surface area contributed by atoms with Crippen LogP contribution in [0.25, 0.3) is 17.0 Å². The van der Waals surface area contributed by atoms with Gasteiger partial charge in [-0.25, -0.2) is 4.79 Å². The molecule has 0 amide bonds. The molecule has 0 N–H and O–H groups in total.